The van der Waals surface area contributed by atoms with Crippen LogP contribution in [0.3, 0.4) is 0 Å². The number of hydrogen-bond donors (Lipinski definition) is 2. The third-order valence-corrected chi connectivity index (χ3v) is 2.79. The van der Waals surface area contributed by atoms with Crippen molar-refractivity contribution in [3.05, 3.63) is 41.6 Å². The van der Waals surface area contributed by atoms with Crippen molar-refractivity contribution in [1.82, 2.24) is 10.6 Å². The van der Waals surface area contributed by atoms with Crippen molar-refractivity contribution in [2.45, 2.75) is 0 Å². The minimum Gasteiger partial charge on any atom is -0.302 e. The molecule has 0 aliphatic carbocycles. The molecule has 5 heteroatoms. The van der Waals surface area contributed by atoms with Crippen molar-refractivity contribution in [3.8, 4) is 0 Å². The summed E-state index contributed by atoms with van der Waals surface area (Å²) in [6.07, 6.45) is 0. The molecule has 0 bridgehead atoms. The fraction of sp³-hybridized carbons (Fsp3) is 0. The van der Waals surface area contributed by atoms with Gasteiger partial charge in [0.2, 0.25) is 0 Å². The molecule has 2 rings (SSSR count). The fourth-order valence-electron chi connectivity index (χ4n) is 1.25. The summed E-state index contributed by atoms with van der Waals surface area (Å²) in [5.74, 6) is -0.421. The van der Waals surface area contributed by atoms with Crippen LogP contribution in [0.25, 0.3) is 4.48 Å². The van der Waals surface area contributed by atoms with E-state index < -0.39 is 11.9 Å². The molecule has 0 unspecified atom stereocenters. The molecule has 1 aromatic carbocycles. The molecule has 1 fully saturated rings. The summed E-state index contributed by atoms with van der Waals surface area (Å²) in [5, 5.41) is 4.58. The standard InChI is InChI=1S/C10H7BrN2O2/c11-7(6-4-2-1-3-5-6)8-9(14)13-10(15)12-8/h1-5H,(H2,12,13,14,15)/b8-7+. The molecule has 3 amide bonds. The molecule has 0 aromatic heterocycles. The molecule has 0 atom stereocenters. The van der Waals surface area contributed by atoms with Crippen LogP contribution in [-0.4, -0.2) is 11.9 Å². The number of rotatable bonds is 1. The van der Waals surface area contributed by atoms with Crippen molar-refractivity contribution >= 4 is 32.4 Å². The molecule has 15 heavy (non-hydrogen) atoms. The monoisotopic (exact) mass is 266 g/mol. The third kappa shape index (κ3) is 1.92. The molecule has 1 aromatic rings. The van der Waals surface area contributed by atoms with E-state index in [4.69, 9.17) is 0 Å². The topological polar surface area (TPSA) is 58.2 Å². The second-order valence-corrected chi connectivity index (χ2v) is 3.76. The molecule has 0 spiro atoms. The molecule has 1 aliphatic heterocycles. The lowest BCUT2D eigenvalue weighted by Crippen LogP contribution is -2.22. The Balaban J connectivity index is 2.42. The molecular formula is C10H7BrN2O2. The summed E-state index contributed by atoms with van der Waals surface area (Å²) in [6, 6.07) is 8.77. The summed E-state index contributed by atoms with van der Waals surface area (Å²) in [7, 11) is 0. The fourth-order valence-corrected chi connectivity index (χ4v) is 1.79. The lowest BCUT2D eigenvalue weighted by atomic mass is 10.2. The molecular weight excluding hydrogens is 260 g/mol. The van der Waals surface area contributed by atoms with Crippen LogP contribution in [-0.2, 0) is 4.79 Å². The van der Waals surface area contributed by atoms with Crippen LogP contribution in [0.5, 0.6) is 0 Å². The first kappa shape index (κ1) is 9.92. The highest BCUT2D eigenvalue weighted by atomic mass is 79.9. The summed E-state index contributed by atoms with van der Waals surface area (Å²) in [6.45, 7) is 0. The molecule has 2 N–H and O–H groups in total. The Morgan fingerprint density at radius 1 is 1.07 bits per heavy atom. The number of amides is 3. The van der Waals surface area contributed by atoms with E-state index in [1.54, 1.807) is 0 Å². The number of hydrogen-bond acceptors (Lipinski definition) is 2. The average molecular weight is 267 g/mol. The Labute approximate surface area is 94.5 Å². The summed E-state index contributed by atoms with van der Waals surface area (Å²) >= 11 is 3.28. The normalized spacial score (nSPS) is 18.5. The zero-order valence-electron chi connectivity index (χ0n) is 7.58. The van der Waals surface area contributed by atoms with Gasteiger partial charge in [-0.15, -0.1) is 0 Å². The van der Waals surface area contributed by atoms with E-state index in [1.165, 1.54) is 0 Å². The molecule has 0 radical (unpaired) electrons. The summed E-state index contributed by atoms with van der Waals surface area (Å²) in [5.41, 5.74) is 1.08. The first-order valence-electron chi connectivity index (χ1n) is 4.26. The number of nitrogens with one attached hydrogen (secondary N) is 2. The van der Waals surface area contributed by atoms with E-state index in [0.29, 0.717) is 4.48 Å². The van der Waals surface area contributed by atoms with Gasteiger partial charge in [0, 0.05) is 0 Å². The van der Waals surface area contributed by atoms with Gasteiger partial charge in [-0.1, -0.05) is 30.3 Å². The van der Waals surface area contributed by atoms with Gasteiger partial charge in [-0.2, -0.15) is 0 Å². The predicted octanol–water partition coefficient (Wildman–Crippen LogP) is 1.59. The van der Waals surface area contributed by atoms with Crippen molar-refractivity contribution in [1.29, 1.82) is 0 Å². The smallest absolute Gasteiger partial charge is 0.302 e. The van der Waals surface area contributed by atoms with E-state index in [2.05, 4.69) is 26.6 Å². The van der Waals surface area contributed by atoms with Crippen LogP contribution in [0.15, 0.2) is 36.0 Å². The Morgan fingerprint density at radius 2 is 1.73 bits per heavy atom. The van der Waals surface area contributed by atoms with Gasteiger partial charge in [-0.3, -0.25) is 10.1 Å². The highest BCUT2D eigenvalue weighted by molar-refractivity contribution is 9.15. The number of carbonyl (C=O) groups excluding carboxylic acids is 2. The van der Waals surface area contributed by atoms with Gasteiger partial charge < -0.3 is 5.32 Å². The van der Waals surface area contributed by atoms with E-state index >= 15 is 0 Å². The average Bonchev–Trinajstić information content (AvgIpc) is 2.58. The zero-order chi connectivity index (χ0) is 10.8. The quantitative estimate of drug-likeness (QED) is 0.599. The lowest BCUT2D eigenvalue weighted by molar-refractivity contribution is -0.115. The van der Waals surface area contributed by atoms with Crippen LogP contribution >= 0.6 is 15.9 Å². The van der Waals surface area contributed by atoms with Crippen molar-refractivity contribution in [2.75, 3.05) is 0 Å². The van der Waals surface area contributed by atoms with Crippen LogP contribution < -0.4 is 10.6 Å². The Hall–Kier alpha value is -1.62. The molecule has 0 saturated carbocycles. The van der Waals surface area contributed by atoms with Crippen molar-refractivity contribution < 1.29 is 9.59 Å². The van der Waals surface area contributed by atoms with E-state index in [0.717, 1.165) is 5.56 Å². The third-order valence-electron chi connectivity index (χ3n) is 1.94. The molecule has 1 saturated heterocycles. The first-order chi connectivity index (χ1) is 7.18. The summed E-state index contributed by atoms with van der Waals surface area (Å²) in [4.78, 5) is 22.2. The predicted molar refractivity (Wildman–Crippen MR) is 59.0 cm³/mol. The second kappa shape index (κ2) is 3.86. The van der Waals surface area contributed by atoms with Crippen LogP contribution in [0.4, 0.5) is 4.79 Å². The summed E-state index contributed by atoms with van der Waals surface area (Å²) < 4.78 is 0.575. The minimum absolute atomic E-state index is 0.242. The van der Waals surface area contributed by atoms with Crippen LogP contribution in [0.2, 0.25) is 0 Å². The molecule has 4 nitrogen and oxygen atoms in total. The van der Waals surface area contributed by atoms with Crippen LogP contribution in [0, 0.1) is 0 Å². The Kier molecular flexibility index (Phi) is 2.55. The van der Waals surface area contributed by atoms with Gasteiger partial charge in [0.15, 0.2) is 0 Å². The largest absolute Gasteiger partial charge is 0.326 e. The highest BCUT2D eigenvalue weighted by Crippen LogP contribution is 2.24. The first-order valence-corrected chi connectivity index (χ1v) is 5.05. The van der Waals surface area contributed by atoms with Gasteiger partial charge in [0.1, 0.15) is 5.70 Å². The van der Waals surface area contributed by atoms with Gasteiger partial charge in [-0.25, -0.2) is 4.79 Å². The Bertz CT molecular complexity index is 454. The number of halogens is 1. The van der Waals surface area contributed by atoms with E-state index in [9.17, 15) is 9.59 Å². The maximum absolute atomic E-state index is 11.3. The highest BCUT2D eigenvalue weighted by Gasteiger charge is 2.26. The van der Waals surface area contributed by atoms with Gasteiger partial charge in [0.05, 0.1) is 4.48 Å². The maximum atomic E-state index is 11.3. The SMILES string of the molecule is O=C1NC(=O)/C(=C(\Br)c2ccccc2)N1. The van der Waals surface area contributed by atoms with Gasteiger partial charge in [0.25, 0.3) is 5.91 Å². The minimum atomic E-state index is -0.497. The number of imide groups is 1. The number of carbonyl (C=O) groups is 2. The van der Waals surface area contributed by atoms with E-state index in [1.807, 2.05) is 30.3 Å². The molecule has 1 heterocycles. The molecule has 76 valence electrons. The van der Waals surface area contributed by atoms with E-state index in [-0.39, 0.29) is 5.70 Å². The second-order valence-electron chi connectivity index (χ2n) is 2.96. The lowest BCUT2D eigenvalue weighted by Gasteiger charge is -2.01. The molecule has 1 aliphatic rings. The number of benzene rings is 1. The van der Waals surface area contributed by atoms with Gasteiger partial charge >= 0.3 is 6.03 Å². The van der Waals surface area contributed by atoms with Crippen molar-refractivity contribution in [3.63, 3.8) is 0 Å². The Morgan fingerprint density at radius 3 is 2.27 bits per heavy atom. The maximum Gasteiger partial charge on any atom is 0.326 e. The van der Waals surface area contributed by atoms with Gasteiger partial charge in [-0.05, 0) is 21.5 Å². The van der Waals surface area contributed by atoms with Crippen LogP contribution in [0.1, 0.15) is 5.56 Å². The van der Waals surface area contributed by atoms with Crippen molar-refractivity contribution in [2.24, 2.45) is 0 Å². The zero-order valence-corrected chi connectivity index (χ0v) is 9.17. The number of urea groups is 1.